The third-order valence-electron chi connectivity index (χ3n) is 4.97. The molecule has 0 unspecified atom stereocenters. The lowest BCUT2D eigenvalue weighted by Crippen LogP contribution is -2.31. The van der Waals surface area contributed by atoms with Crippen molar-refractivity contribution < 1.29 is 23.7 Å². The van der Waals surface area contributed by atoms with E-state index in [0.29, 0.717) is 17.2 Å². The molecular weight excluding hydrogens is 346 g/mol. The van der Waals surface area contributed by atoms with Gasteiger partial charge in [0.1, 0.15) is 0 Å². The van der Waals surface area contributed by atoms with Gasteiger partial charge in [0.2, 0.25) is 5.75 Å². The zero-order chi connectivity index (χ0) is 19.4. The second-order valence-corrected chi connectivity index (χ2v) is 6.40. The van der Waals surface area contributed by atoms with E-state index in [9.17, 15) is 0 Å². The largest absolute Gasteiger partial charge is 0.493 e. The van der Waals surface area contributed by atoms with E-state index in [1.165, 1.54) is 11.1 Å². The Morgan fingerprint density at radius 3 is 1.93 bits per heavy atom. The van der Waals surface area contributed by atoms with Crippen molar-refractivity contribution in [2.24, 2.45) is 0 Å². The number of nitrogens with one attached hydrogen (secondary N) is 1. The molecule has 0 spiro atoms. The molecule has 0 aromatic heterocycles. The molecule has 146 valence electrons. The van der Waals surface area contributed by atoms with E-state index in [2.05, 4.69) is 17.4 Å². The summed E-state index contributed by atoms with van der Waals surface area (Å²) in [6.07, 6.45) is 1.75. The molecule has 3 rings (SSSR count). The first-order valence-corrected chi connectivity index (χ1v) is 8.92. The van der Waals surface area contributed by atoms with Gasteiger partial charge in [0.25, 0.3) is 0 Å². The maximum Gasteiger partial charge on any atom is 0.203 e. The lowest BCUT2D eigenvalue weighted by Gasteiger charge is -2.28. The summed E-state index contributed by atoms with van der Waals surface area (Å²) in [6, 6.07) is 8.31. The highest BCUT2D eigenvalue weighted by Gasteiger charge is 2.24. The van der Waals surface area contributed by atoms with Crippen LogP contribution in [0.25, 0.3) is 0 Å². The summed E-state index contributed by atoms with van der Waals surface area (Å²) in [5.41, 5.74) is 3.61. The first kappa shape index (κ1) is 19.2. The number of methoxy groups -OCH3 is 5. The predicted molar refractivity (Wildman–Crippen MR) is 104 cm³/mol. The summed E-state index contributed by atoms with van der Waals surface area (Å²) in [6.45, 7) is 0.914. The van der Waals surface area contributed by atoms with Crippen LogP contribution in [-0.2, 0) is 12.8 Å². The van der Waals surface area contributed by atoms with Crippen molar-refractivity contribution in [2.45, 2.75) is 18.9 Å². The van der Waals surface area contributed by atoms with Crippen molar-refractivity contribution in [1.82, 2.24) is 5.32 Å². The van der Waals surface area contributed by atoms with E-state index in [4.69, 9.17) is 23.7 Å². The zero-order valence-electron chi connectivity index (χ0n) is 16.5. The minimum absolute atomic E-state index is 0.163. The van der Waals surface area contributed by atoms with Gasteiger partial charge in [0, 0.05) is 6.04 Å². The summed E-state index contributed by atoms with van der Waals surface area (Å²) >= 11 is 0. The molecule has 2 aromatic rings. The van der Waals surface area contributed by atoms with Crippen molar-refractivity contribution in [2.75, 3.05) is 42.1 Å². The Morgan fingerprint density at radius 1 is 0.778 bits per heavy atom. The van der Waals surface area contributed by atoms with Gasteiger partial charge < -0.3 is 29.0 Å². The Kier molecular flexibility index (Phi) is 5.96. The number of benzene rings is 2. The first-order valence-electron chi connectivity index (χ1n) is 8.92. The summed E-state index contributed by atoms with van der Waals surface area (Å²) < 4.78 is 27.3. The molecule has 6 heteroatoms. The molecule has 0 saturated heterocycles. The molecule has 2 aromatic carbocycles. The van der Waals surface area contributed by atoms with Crippen LogP contribution in [-0.4, -0.2) is 42.1 Å². The Hall–Kier alpha value is -2.60. The van der Waals surface area contributed by atoms with Crippen LogP contribution < -0.4 is 29.0 Å². The van der Waals surface area contributed by atoms with Crippen molar-refractivity contribution in [3.63, 3.8) is 0 Å². The molecule has 1 aliphatic heterocycles. The van der Waals surface area contributed by atoms with E-state index < -0.39 is 0 Å². The van der Waals surface area contributed by atoms with Gasteiger partial charge in [-0.2, -0.15) is 0 Å². The number of fused-ring (bicyclic) bond motifs is 1. The average molecular weight is 373 g/mol. The first-order chi connectivity index (χ1) is 13.1. The molecule has 0 bridgehead atoms. The van der Waals surface area contributed by atoms with Crippen LogP contribution in [0.15, 0.2) is 24.3 Å². The molecular formula is C21H27NO5. The lowest BCUT2D eigenvalue weighted by molar-refractivity contribution is 0.323. The van der Waals surface area contributed by atoms with Gasteiger partial charge in [0.15, 0.2) is 23.0 Å². The fraction of sp³-hybridized carbons (Fsp3) is 0.429. The van der Waals surface area contributed by atoms with Crippen molar-refractivity contribution in [1.29, 1.82) is 0 Å². The molecule has 1 heterocycles. The van der Waals surface area contributed by atoms with Gasteiger partial charge in [0.05, 0.1) is 35.5 Å². The number of hydrogen-bond donors (Lipinski definition) is 1. The highest BCUT2D eigenvalue weighted by molar-refractivity contribution is 5.55. The smallest absolute Gasteiger partial charge is 0.203 e. The Labute approximate surface area is 160 Å². The van der Waals surface area contributed by atoms with Gasteiger partial charge in [-0.05, 0) is 60.3 Å². The van der Waals surface area contributed by atoms with Crippen LogP contribution >= 0.6 is 0 Å². The molecule has 1 N–H and O–H groups in total. The van der Waals surface area contributed by atoms with Crippen LogP contribution in [0.5, 0.6) is 28.7 Å². The van der Waals surface area contributed by atoms with Crippen LogP contribution in [0.1, 0.15) is 22.7 Å². The molecule has 1 aliphatic rings. The van der Waals surface area contributed by atoms with Gasteiger partial charge in [-0.25, -0.2) is 0 Å². The van der Waals surface area contributed by atoms with E-state index in [1.54, 1.807) is 35.5 Å². The molecule has 0 saturated carbocycles. The molecule has 1 atom stereocenters. The molecule has 0 radical (unpaired) electrons. The summed E-state index contributed by atoms with van der Waals surface area (Å²) in [5.74, 6) is 3.44. The second-order valence-electron chi connectivity index (χ2n) is 6.40. The monoisotopic (exact) mass is 373 g/mol. The van der Waals surface area contributed by atoms with E-state index >= 15 is 0 Å². The molecule has 0 amide bonds. The van der Waals surface area contributed by atoms with Crippen LogP contribution in [0.2, 0.25) is 0 Å². The fourth-order valence-corrected chi connectivity index (χ4v) is 3.64. The summed E-state index contributed by atoms with van der Waals surface area (Å²) in [5, 5.41) is 3.61. The van der Waals surface area contributed by atoms with Gasteiger partial charge in [-0.3, -0.25) is 0 Å². The Morgan fingerprint density at radius 2 is 1.37 bits per heavy atom. The molecule has 27 heavy (non-hydrogen) atoms. The van der Waals surface area contributed by atoms with Gasteiger partial charge in [-0.1, -0.05) is 0 Å². The third kappa shape index (κ3) is 3.76. The third-order valence-corrected chi connectivity index (χ3v) is 4.97. The normalized spacial score (nSPS) is 15.7. The maximum atomic E-state index is 5.49. The Balaban J connectivity index is 1.96. The lowest BCUT2D eigenvalue weighted by atomic mass is 9.89. The predicted octanol–water partition coefficient (Wildman–Crippen LogP) is 3.16. The second kappa shape index (κ2) is 8.39. The van der Waals surface area contributed by atoms with Crippen molar-refractivity contribution in [3.8, 4) is 28.7 Å². The highest BCUT2D eigenvalue weighted by atomic mass is 16.5. The molecule has 6 nitrogen and oxygen atoms in total. The topological polar surface area (TPSA) is 58.2 Å². The molecule has 0 fully saturated rings. The van der Waals surface area contributed by atoms with E-state index in [-0.39, 0.29) is 6.04 Å². The average Bonchev–Trinajstić information content (AvgIpc) is 2.72. The standard InChI is InChI=1S/C21H27NO5/c1-23-17-11-14-6-7-22-16(15(14)12-18(17)24-2)8-13-9-19(25-3)21(27-5)20(10-13)26-4/h9-12,16,22H,6-8H2,1-5H3/t16-/m1/s1. The minimum Gasteiger partial charge on any atom is -0.493 e. The SMILES string of the molecule is COc1cc2c(cc1OC)[C@@H](Cc1cc(OC)c(OC)c(OC)c1)NCC2. The fourth-order valence-electron chi connectivity index (χ4n) is 3.64. The Bertz CT molecular complexity index is 780. The summed E-state index contributed by atoms with van der Waals surface area (Å²) in [4.78, 5) is 0. The quantitative estimate of drug-likeness (QED) is 0.805. The number of rotatable bonds is 7. The zero-order valence-corrected chi connectivity index (χ0v) is 16.5. The van der Waals surface area contributed by atoms with Crippen LogP contribution in [0, 0.1) is 0 Å². The van der Waals surface area contributed by atoms with Gasteiger partial charge >= 0.3 is 0 Å². The van der Waals surface area contributed by atoms with Crippen molar-refractivity contribution >= 4 is 0 Å². The number of ether oxygens (including phenoxy) is 5. The van der Waals surface area contributed by atoms with Crippen LogP contribution in [0.4, 0.5) is 0 Å². The maximum absolute atomic E-state index is 5.49. The van der Waals surface area contributed by atoms with Crippen molar-refractivity contribution in [3.05, 3.63) is 41.0 Å². The van der Waals surface area contributed by atoms with E-state index in [0.717, 1.165) is 36.4 Å². The van der Waals surface area contributed by atoms with Crippen LogP contribution in [0.3, 0.4) is 0 Å². The summed E-state index contributed by atoms with van der Waals surface area (Å²) in [7, 11) is 8.20. The highest BCUT2D eigenvalue weighted by Crippen LogP contribution is 2.40. The molecule has 0 aliphatic carbocycles. The van der Waals surface area contributed by atoms with Gasteiger partial charge in [-0.15, -0.1) is 0 Å². The number of hydrogen-bond acceptors (Lipinski definition) is 6. The van der Waals surface area contributed by atoms with E-state index in [1.807, 2.05) is 12.1 Å². The minimum atomic E-state index is 0.163.